The molecular weight excluding hydrogens is 322 g/mol. The summed E-state index contributed by atoms with van der Waals surface area (Å²) < 4.78 is 14.8. The van der Waals surface area contributed by atoms with Crippen LogP contribution in [-0.4, -0.2) is 60.9 Å². The van der Waals surface area contributed by atoms with Gasteiger partial charge in [0.1, 0.15) is 12.1 Å². The number of aliphatic carboxylic acids is 1. The van der Waals surface area contributed by atoms with Gasteiger partial charge in [-0.3, -0.25) is 14.4 Å². The summed E-state index contributed by atoms with van der Waals surface area (Å²) in [5.41, 5.74) is 0. The number of hydrogen-bond donors (Lipinski definition) is 2. The molecule has 0 aromatic carbocycles. The third-order valence-corrected chi connectivity index (χ3v) is 3.47. The number of nitrogens with one attached hydrogen (secondary N) is 1. The molecule has 0 aromatic rings. The average molecular weight is 345 g/mol. The van der Waals surface area contributed by atoms with Gasteiger partial charge in [0.15, 0.2) is 0 Å². The lowest BCUT2D eigenvalue weighted by atomic mass is 9.95. The maximum Gasteiger partial charge on any atom is 0.327 e. The maximum atomic E-state index is 12.1. The minimum absolute atomic E-state index is 0.0180. The van der Waals surface area contributed by atoms with Crippen molar-refractivity contribution in [2.45, 2.75) is 45.3 Å². The number of carboxylic acids is 1. The standard InChI is InChI=1S/C15H23NO8/c1-3-22-11(17)8-9(15(21)23-4-2)12(14(19)20)16-13(18)10-6-5-7-24-10/h9-10,12H,3-8H2,1-2H3,(H,16,18)(H,19,20)/t9-,10-,12-/m0/s1. The highest BCUT2D eigenvalue weighted by atomic mass is 16.5. The molecular formula is C15H23NO8. The molecule has 9 heteroatoms. The zero-order valence-corrected chi connectivity index (χ0v) is 13.8. The summed E-state index contributed by atoms with van der Waals surface area (Å²) in [5, 5.41) is 11.7. The van der Waals surface area contributed by atoms with Crippen LogP contribution in [0.2, 0.25) is 0 Å². The number of ether oxygens (including phenoxy) is 3. The summed E-state index contributed by atoms with van der Waals surface area (Å²) in [6.07, 6.45) is -0.0903. The fourth-order valence-corrected chi connectivity index (χ4v) is 2.35. The Hall–Kier alpha value is -2.16. The van der Waals surface area contributed by atoms with Crippen molar-refractivity contribution in [1.29, 1.82) is 0 Å². The second-order valence-corrected chi connectivity index (χ2v) is 5.19. The van der Waals surface area contributed by atoms with Crippen LogP contribution in [0.4, 0.5) is 0 Å². The third kappa shape index (κ3) is 5.80. The van der Waals surface area contributed by atoms with E-state index in [2.05, 4.69) is 5.32 Å². The van der Waals surface area contributed by atoms with Crippen molar-refractivity contribution in [3.05, 3.63) is 0 Å². The zero-order valence-electron chi connectivity index (χ0n) is 13.8. The summed E-state index contributed by atoms with van der Waals surface area (Å²) in [5.74, 6) is -5.08. The van der Waals surface area contributed by atoms with Gasteiger partial charge in [-0.05, 0) is 26.7 Å². The van der Waals surface area contributed by atoms with Crippen molar-refractivity contribution in [2.75, 3.05) is 19.8 Å². The van der Waals surface area contributed by atoms with Crippen LogP contribution in [0.1, 0.15) is 33.1 Å². The third-order valence-electron chi connectivity index (χ3n) is 3.47. The molecule has 3 atom stereocenters. The maximum absolute atomic E-state index is 12.1. The van der Waals surface area contributed by atoms with Gasteiger partial charge in [-0.15, -0.1) is 0 Å². The summed E-state index contributed by atoms with van der Waals surface area (Å²) in [6.45, 7) is 3.67. The van der Waals surface area contributed by atoms with Gasteiger partial charge in [-0.2, -0.15) is 0 Å². The lowest BCUT2D eigenvalue weighted by Crippen LogP contribution is -2.52. The van der Waals surface area contributed by atoms with E-state index in [-0.39, 0.29) is 13.2 Å². The first-order valence-corrected chi connectivity index (χ1v) is 7.87. The van der Waals surface area contributed by atoms with Crippen molar-refractivity contribution in [3.63, 3.8) is 0 Å². The Labute approximate surface area is 139 Å². The van der Waals surface area contributed by atoms with Crippen LogP contribution in [0, 0.1) is 5.92 Å². The van der Waals surface area contributed by atoms with Crippen LogP contribution in [0.5, 0.6) is 0 Å². The van der Waals surface area contributed by atoms with E-state index in [1.165, 1.54) is 0 Å². The first-order chi connectivity index (χ1) is 11.4. The smallest absolute Gasteiger partial charge is 0.327 e. The molecule has 1 saturated heterocycles. The molecule has 1 rings (SSSR count). The predicted octanol–water partition coefficient (Wildman–Crippen LogP) is -0.133. The Bertz CT molecular complexity index is 472. The number of carboxylic acid groups (broad SMARTS) is 1. The number of hydrogen-bond acceptors (Lipinski definition) is 7. The molecule has 0 aliphatic carbocycles. The molecule has 1 fully saturated rings. The van der Waals surface area contributed by atoms with E-state index in [1.807, 2.05) is 0 Å². The molecule has 0 radical (unpaired) electrons. The Balaban J connectivity index is 2.89. The van der Waals surface area contributed by atoms with E-state index >= 15 is 0 Å². The minimum Gasteiger partial charge on any atom is -0.480 e. The van der Waals surface area contributed by atoms with Gasteiger partial charge in [-0.1, -0.05) is 0 Å². The quantitative estimate of drug-likeness (QED) is 0.553. The molecule has 1 amide bonds. The van der Waals surface area contributed by atoms with Crippen molar-refractivity contribution in [3.8, 4) is 0 Å². The number of rotatable bonds is 9. The number of carbonyl (C=O) groups is 4. The van der Waals surface area contributed by atoms with Crippen LogP contribution in [0.15, 0.2) is 0 Å². The average Bonchev–Trinajstić information content (AvgIpc) is 3.05. The summed E-state index contributed by atoms with van der Waals surface area (Å²) >= 11 is 0. The van der Waals surface area contributed by atoms with Gasteiger partial charge in [0, 0.05) is 6.61 Å². The SMILES string of the molecule is CCOC(=O)C[C@H](C(=O)OCC)[C@H](NC(=O)[C@@H]1CCCO1)C(=O)O. The second kappa shape index (κ2) is 9.86. The topological polar surface area (TPSA) is 128 Å². The van der Waals surface area contributed by atoms with Gasteiger partial charge in [0.2, 0.25) is 5.91 Å². The summed E-state index contributed by atoms with van der Waals surface area (Å²) in [6, 6.07) is -1.61. The van der Waals surface area contributed by atoms with E-state index in [1.54, 1.807) is 13.8 Å². The number of carbonyl (C=O) groups excluding carboxylic acids is 3. The van der Waals surface area contributed by atoms with E-state index < -0.39 is 48.3 Å². The highest BCUT2D eigenvalue weighted by Crippen LogP contribution is 2.17. The Morgan fingerprint density at radius 3 is 2.38 bits per heavy atom. The van der Waals surface area contributed by atoms with E-state index in [0.717, 1.165) is 0 Å². The monoisotopic (exact) mass is 345 g/mol. The molecule has 0 bridgehead atoms. The van der Waals surface area contributed by atoms with E-state index in [0.29, 0.717) is 19.4 Å². The van der Waals surface area contributed by atoms with Gasteiger partial charge in [0.25, 0.3) is 0 Å². The van der Waals surface area contributed by atoms with Crippen LogP contribution in [-0.2, 0) is 33.4 Å². The van der Waals surface area contributed by atoms with Gasteiger partial charge in [0.05, 0.1) is 25.6 Å². The van der Waals surface area contributed by atoms with Crippen molar-refractivity contribution in [1.82, 2.24) is 5.32 Å². The predicted molar refractivity (Wildman–Crippen MR) is 79.9 cm³/mol. The van der Waals surface area contributed by atoms with Gasteiger partial charge < -0.3 is 24.6 Å². The minimum atomic E-state index is -1.61. The molecule has 0 spiro atoms. The lowest BCUT2D eigenvalue weighted by Gasteiger charge is -2.23. The molecule has 1 aliphatic heterocycles. The Morgan fingerprint density at radius 1 is 1.21 bits per heavy atom. The van der Waals surface area contributed by atoms with Crippen LogP contribution in [0.3, 0.4) is 0 Å². The summed E-state index contributed by atoms with van der Waals surface area (Å²) in [7, 11) is 0. The highest BCUT2D eigenvalue weighted by Gasteiger charge is 2.39. The molecule has 136 valence electrons. The van der Waals surface area contributed by atoms with E-state index in [4.69, 9.17) is 14.2 Å². The van der Waals surface area contributed by atoms with Crippen molar-refractivity contribution in [2.24, 2.45) is 5.92 Å². The van der Waals surface area contributed by atoms with E-state index in [9.17, 15) is 24.3 Å². The van der Waals surface area contributed by atoms with Crippen LogP contribution >= 0.6 is 0 Å². The molecule has 24 heavy (non-hydrogen) atoms. The fourth-order valence-electron chi connectivity index (χ4n) is 2.35. The number of esters is 2. The molecule has 9 nitrogen and oxygen atoms in total. The normalized spacial score (nSPS) is 19.2. The van der Waals surface area contributed by atoms with Gasteiger partial charge in [-0.25, -0.2) is 4.79 Å². The Morgan fingerprint density at radius 2 is 1.88 bits per heavy atom. The molecule has 0 unspecified atom stereocenters. The second-order valence-electron chi connectivity index (χ2n) is 5.19. The Kier molecular flexibility index (Phi) is 8.17. The largest absolute Gasteiger partial charge is 0.480 e. The van der Waals surface area contributed by atoms with Crippen molar-refractivity contribution >= 4 is 23.8 Å². The molecule has 0 aromatic heterocycles. The van der Waals surface area contributed by atoms with Gasteiger partial charge >= 0.3 is 17.9 Å². The first-order valence-electron chi connectivity index (χ1n) is 7.87. The summed E-state index contributed by atoms with van der Waals surface area (Å²) in [4.78, 5) is 47.3. The molecule has 0 saturated carbocycles. The molecule has 1 heterocycles. The van der Waals surface area contributed by atoms with Crippen LogP contribution < -0.4 is 5.32 Å². The highest BCUT2D eigenvalue weighted by molar-refractivity contribution is 5.91. The number of amides is 1. The van der Waals surface area contributed by atoms with Crippen molar-refractivity contribution < 1.29 is 38.5 Å². The zero-order chi connectivity index (χ0) is 18.1. The molecule has 2 N–H and O–H groups in total. The van der Waals surface area contributed by atoms with Crippen LogP contribution in [0.25, 0.3) is 0 Å². The lowest BCUT2D eigenvalue weighted by molar-refractivity contribution is -0.160. The fraction of sp³-hybridized carbons (Fsp3) is 0.733. The first kappa shape index (κ1) is 19.9. The molecule has 1 aliphatic rings.